The number of rotatable bonds is 3. The maximum atomic E-state index is 12.3. The molecule has 1 aromatic rings. The van der Waals surface area contributed by atoms with E-state index in [4.69, 9.17) is 5.11 Å². The van der Waals surface area contributed by atoms with Crippen LogP contribution in [0.1, 0.15) is 42.6 Å². The van der Waals surface area contributed by atoms with Crippen LogP contribution in [-0.2, 0) is 6.54 Å². The van der Waals surface area contributed by atoms with Gasteiger partial charge in [-0.3, -0.25) is 0 Å². The number of carbonyl (C=O) groups excluding carboxylic acids is 1. The predicted molar refractivity (Wildman–Crippen MR) is 86.2 cm³/mol. The van der Waals surface area contributed by atoms with Crippen molar-refractivity contribution >= 4 is 12.0 Å². The van der Waals surface area contributed by atoms with E-state index in [9.17, 15) is 14.7 Å². The zero-order valence-electron chi connectivity index (χ0n) is 13.6. The summed E-state index contributed by atoms with van der Waals surface area (Å²) >= 11 is 0. The van der Waals surface area contributed by atoms with Crippen molar-refractivity contribution < 1.29 is 19.8 Å². The zero-order valence-corrected chi connectivity index (χ0v) is 13.6. The smallest absolute Gasteiger partial charge is 0.335 e. The zero-order chi connectivity index (χ0) is 17.0. The lowest BCUT2D eigenvalue weighted by Crippen LogP contribution is -2.43. The van der Waals surface area contributed by atoms with Gasteiger partial charge in [0.05, 0.1) is 11.7 Å². The van der Waals surface area contributed by atoms with Crippen molar-refractivity contribution in [2.24, 2.45) is 5.41 Å². The van der Waals surface area contributed by atoms with E-state index in [1.54, 1.807) is 17.0 Å². The monoisotopic (exact) mass is 320 g/mol. The first kappa shape index (κ1) is 17.3. The molecule has 1 fully saturated rings. The van der Waals surface area contributed by atoms with Crippen LogP contribution in [0, 0.1) is 5.41 Å². The van der Waals surface area contributed by atoms with Crippen LogP contribution in [0.25, 0.3) is 0 Å². The summed E-state index contributed by atoms with van der Waals surface area (Å²) in [5.74, 6) is -0.967. The number of urea groups is 1. The minimum Gasteiger partial charge on any atom is -0.478 e. The topological polar surface area (TPSA) is 89.9 Å². The number of likely N-dealkylation sites (tertiary alicyclic amines) is 1. The van der Waals surface area contributed by atoms with Crippen LogP contribution in [-0.4, -0.2) is 46.3 Å². The SMILES string of the molecule is CC1(C)CC(O)CCN(C(=O)NCc2ccc(C(=O)O)cc2)C1. The van der Waals surface area contributed by atoms with Crippen molar-refractivity contribution in [2.45, 2.75) is 39.3 Å². The maximum absolute atomic E-state index is 12.3. The van der Waals surface area contributed by atoms with Gasteiger partial charge in [-0.1, -0.05) is 26.0 Å². The number of benzene rings is 1. The van der Waals surface area contributed by atoms with Crippen molar-refractivity contribution in [3.05, 3.63) is 35.4 Å². The van der Waals surface area contributed by atoms with Gasteiger partial charge in [-0.15, -0.1) is 0 Å². The standard InChI is InChI=1S/C17H24N2O4/c1-17(2)9-14(20)7-8-19(11-17)16(23)18-10-12-3-5-13(6-4-12)15(21)22/h3-6,14,20H,7-11H2,1-2H3,(H,18,23)(H,21,22). The first-order valence-electron chi connectivity index (χ1n) is 7.80. The van der Waals surface area contributed by atoms with E-state index in [0.29, 0.717) is 32.5 Å². The highest BCUT2D eigenvalue weighted by Gasteiger charge is 2.31. The highest BCUT2D eigenvalue weighted by Crippen LogP contribution is 2.28. The number of amides is 2. The molecule has 1 aliphatic heterocycles. The third-order valence-corrected chi connectivity index (χ3v) is 4.07. The summed E-state index contributed by atoms with van der Waals surface area (Å²) in [6, 6.07) is 6.28. The first-order valence-corrected chi connectivity index (χ1v) is 7.80. The fourth-order valence-corrected chi connectivity index (χ4v) is 2.93. The Hall–Kier alpha value is -2.08. The number of nitrogens with one attached hydrogen (secondary N) is 1. The van der Waals surface area contributed by atoms with Gasteiger partial charge in [0, 0.05) is 19.6 Å². The van der Waals surface area contributed by atoms with E-state index in [0.717, 1.165) is 5.56 Å². The number of aliphatic hydroxyl groups excluding tert-OH is 1. The maximum Gasteiger partial charge on any atom is 0.335 e. The molecule has 126 valence electrons. The Kier molecular flexibility index (Phi) is 5.26. The summed E-state index contributed by atoms with van der Waals surface area (Å²) in [6.45, 7) is 5.58. The van der Waals surface area contributed by atoms with E-state index in [-0.39, 0.29) is 23.1 Å². The molecule has 3 N–H and O–H groups in total. The van der Waals surface area contributed by atoms with Crippen LogP contribution < -0.4 is 5.32 Å². The molecule has 1 aromatic carbocycles. The van der Waals surface area contributed by atoms with Gasteiger partial charge in [-0.05, 0) is 36.0 Å². The summed E-state index contributed by atoms with van der Waals surface area (Å²) < 4.78 is 0. The van der Waals surface area contributed by atoms with Crippen molar-refractivity contribution in [1.29, 1.82) is 0 Å². The van der Waals surface area contributed by atoms with Crippen LogP contribution in [0.5, 0.6) is 0 Å². The van der Waals surface area contributed by atoms with Crippen LogP contribution in [0.4, 0.5) is 4.79 Å². The van der Waals surface area contributed by atoms with Crippen molar-refractivity contribution in [2.75, 3.05) is 13.1 Å². The Morgan fingerprint density at radius 1 is 1.30 bits per heavy atom. The highest BCUT2D eigenvalue weighted by molar-refractivity contribution is 5.87. The number of carboxylic acids is 1. The molecule has 1 saturated heterocycles. The van der Waals surface area contributed by atoms with E-state index < -0.39 is 5.97 Å². The quantitative estimate of drug-likeness (QED) is 0.795. The minimum absolute atomic E-state index is 0.115. The summed E-state index contributed by atoms with van der Waals surface area (Å²) in [6.07, 6.45) is 0.906. The Morgan fingerprint density at radius 2 is 1.96 bits per heavy atom. The Morgan fingerprint density at radius 3 is 2.57 bits per heavy atom. The second kappa shape index (κ2) is 7.00. The molecule has 23 heavy (non-hydrogen) atoms. The second-order valence-corrected chi connectivity index (χ2v) is 6.89. The van der Waals surface area contributed by atoms with Gasteiger partial charge in [0.15, 0.2) is 0 Å². The molecule has 0 radical (unpaired) electrons. The third kappa shape index (κ3) is 4.96. The van der Waals surface area contributed by atoms with Gasteiger partial charge in [0.25, 0.3) is 0 Å². The fourth-order valence-electron chi connectivity index (χ4n) is 2.93. The molecule has 0 aliphatic carbocycles. The fraction of sp³-hybridized carbons (Fsp3) is 0.529. The Bertz CT molecular complexity index is 568. The molecule has 0 spiro atoms. The molecule has 1 heterocycles. The van der Waals surface area contributed by atoms with E-state index in [2.05, 4.69) is 5.32 Å². The van der Waals surface area contributed by atoms with Crippen LogP contribution in [0.2, 0.25) is 0 Å². The van der Waals surface area contributed by atoms with E-state index in [1.807, 2.05) is 13.8 Å². The average Bonchev–Trinajstić information content (AvgIpc) is 2.62. The molecular weight excluding hydrogens is 296 g/mol. The Balaban J connectivity index is 1.92. The summed E-state index contributed by atoms with van der Waals surface area (Å²) in [5, 5.41) is 21.6. The second-order valence-electron chi connectivity index (χ2n) is 6.89. The largest absolute Gasteiger partial charge is 0.478 e. The van der Waals surface area contributed by atoms with E-state index in [1.165, 1.54) is 12.1 Å². The molecule has 1 aliphatic rings. The molecular formula is C17H24N2O4. The predicted octanol–water partition coefficient (Wildman–Crippen LogP) is 2.08. The molecule has 6 heteroatoms. The molecule has 0 saturated carbocycles. The van der Waals surface area contributed by atoms with Crippen LogP contribution in [0.3, 0.4) is 0 Å². The molecule has 0 bridgehead atoms. The lowest BCUT2D eigenvalue weighted by Gasteiger charge is -2.29. The highest BCUT2D eigenvalue weighted by atomic mass is 16.4. The number of nitrogens with zero attached hydrogens (tertiary/aromatic N) is 1. The van der Waals surface area contributed by atoms with Gasteiger partial charge < -0.3 is 20.4 Å². The third-order valence-electron chi connectivity index (χ3n) is 4.07. The lowest BCUT2D eigenvalue weighted by molar-refractivity contribution is 0.0696. The summed E-state index contributed by atoms with van der Waals surface area (Å²) in [4.78, 5) is 24.9. The average molecular weight is 320 g/mol. The molecule has 2 amide bonds. The minimum atomic E-state index is -0.967. The molecule has 1 unspecified atom stereocenters. The summed E-state index contributed by atoms with van der Waals surface area (Å²) in [5.41, 5.74) is 0.955. The number of aliphatic hydroxyl groups is 1. The molecule has 0 aromatic heterocycles. The van der Waals surface area contributed by atoms with Gasteiger partial charge >= 0.3 is 12.0 Å². The van der Waals surface area contributed by atoms with Crippen molar-refractivity contribution in [3.63, 3.8) is 0 Å². The van der Waals surface area contributed by atoms with Crippen LogP contribution in [0.15, 0.2) is 24.3 Å². The summed E-state index contributed by atoms with van der Waals surface area (Å²) in [7, 11) is 0. The number of hydrogen-bond donors (Lipinski definition) is 3. The first-order chi connectivity index (χ1) is 10.8. The van der Waals surface area contributed by atoms with Gasteiger partial charge in [-0.2, -0.15) is 0 Å². The molecule has 6 nitrogen and oxygen atoms in total. The number of carboxylic acid groups (broad SMARTS) is 1. The van der Waals surface area contributed by atoms with Crippen LogP contribution >= 0.6 is 0 Å². The Labute approximate surface area is 136 Å². The normalized spacial score (nSPS) is 20.7. The number of carbonyl (C=O) groups is 2. The van der Waals surface area contributed by atoms with Gasteiger partial charge in [-0.25, -0.2) is 9.59 Å². The number of aromatic carboxylic acids is 1. The molecule has 2 rings (SSSR count). The van der Waals surface area contributed by atoms with Gasteiger partial charge in [0.1, 0.15) is 0 Å². The van der Waals surface area contributed by atoms with Crippen molar-refractivity contribution in [1.82, 2.24) is 10.2 Å². The number of hydrogen-bond acceptors (Lipinski definition) is 3. The molecule has 1 atom stereocenters. The lowest BCUT2D eigenvalue weighted by atomic mass is 9.87. The van der Waals surface area contributed by atoms with Gasteiger partial charge in [0.2, 0.25) is 0 Å². The van der Waals surface area contributed by atoms with Crippen molar-refractivity contribution in [3.8, 4) is 0 Å². The van der Waals surface area contributed by atoms with E-state index >= 15 is 0 Å².